The standard InChI is InChI=1S/C8H14N2/c1-4-5-7(6(2)3)8(9)10/h4-5H,1-3H3,(H3,9,10)/b5-4-. The molecule has 0 atom stereocenters. The number of nitrogens with one attached hydrogen (secondary N) is 1. The Labute approximate surface area is 61.9 Å². The van der Waals surface area contributed by atoms with E-state index < -0.39 is 0 Å². The van der Waals surface area contributed by atoms with Gasteiger partial charge in [-0.05, 0) is 20.8 Å². The molecule has 0 fully saturated rings. The molecule has 0 aromatic rings. The van der Waals surface area contributed by atoms with Gasteiger partial charge in [-0.15, -0.1) is 0 Å². The van der Waals surface area contributed by atoms with Crippen molar-refractivity contribution < 1.29 is 0 Å². The van der Waals surface area contributed by atoms with E-state index in [4.69, 9.17) is 11.1 Å². The molecule has 0 saturated carbocycles. The van der Waals surface area contributed by atoms with Gasteiger partial charge in [0.15, 0.2) is 0 Å². The zero-order chi connectivity index (χ0) is 8.15. The van der Waals surface area contributed by atoms with Crippen molar-refractivity contribution >= 4 is 5.84 Å². The third kappa shape index (κ3) is 2.49. The molecule has 2 nitrogen and oxygen atoms in total. The van der Waals surface area contributed by atoms with Gasteiger partial charge in [0.25, 0.3) is 0 Å². The molecule has 0 bridgehead atoms. The highest BCUT2D eigenvalue weighted by atomic mass is 14.7. The van der Waals surface area contributed by atoms with E-state index in [2.05, 4.69) is 0 Å². The number of hydrogen-bond acceptors (Lipinski definition) is 1. The lowest BCUT2D eigenvalue weighted by molar-refractivity contribution is 1.32. The van der Waals surface area contributed by atoms with E-state index in [1.54, 1.807) is 0 Å². The summed E-state index contributed by atoms with van der Waals surface area (Å²) in [5, 5.41) is 7.15. The molecule has 0 aromatic heterocycles. The Bertz CT molecular complexity index is 183. The van der Waals surface area contributed by atoms with Crippen LogP contribution in [0, 0.1) is 5.41 Å². The maximum atomic E-state index is 7.15. The van der Waals surface area contributed by atoms with Gasteiger partial charge in [0.05, 0.1) is 0 Å². The fraction of sp³-hybridized carbons (Fsp3) is 0.375. The van der Waals surface area contributed by atoms with E-state index in [0.29, 0.717) is 0 Å². The van der Waals surface area contributed by atoms with Crippen molar-refractivity contribution in [1.82, 2.24) is 0 Å². The van der Waals surface area contributed by atoms with Gasteiger partial charge in [0, 0.05) is 5.57 Å². The van der Waals surface area contributed by atoms with Crippen molar-refractivity contribution in [3.8, 4) is 0 Å². The van der Waals surface area contributed by atoms with Crippen molar-refractivity contribution in [3.05, 3.63) is 23.3 Å². The summed E-state index contributed by atoms with van der Waals surface area (Å²) < 4.78 is 0. The Morgan fingerprint density at radius 1 is 1.40 bits per heavy atom. The maximum Gasteiger partial charge on any atom is 0.122 e. The number of nitrogens with two attached hydrogens (primary N) is 1. The van der Waals surface area contributed by atoms with Crippen LogP contribution in [0.15, 0.2) is 23.3 Å². The topological polar surface area (TPSA) is 49.9 Å². The van der Waals surface area contributed by atoms with Crippen LogP contribution >= 0.6 is 0 Å². The molecule has 0 aromatic carbocycles. The van der Waals surface area contributed by atoms with Gasteiger partial charge in [-0.3, -0.25) is 5.41 Å². The molecule has 10 heavy (non-hydrogen) atoms. The molecule has 0 aliphatic carbocycles. The van der Waals surface area contributed by atoms with Crippen LogP contribution in [-0.4, -0.2) is 5.84 Å². The fourth-order valence-corrected chi connectivity index (χ4v) is 0.692. The zero-order valence-corrected chi connectivity index (χ0v) is 6.73. The lowest BCUT2D eigenvalue weighted by Gasteiger charge is -2.00. The first kappa shape index (κ1) is 8.95. The minimum atomic E-state index is 0.137. The van der Waals surface area contributed by atoms with Crippen molar-refractivity contribution in [2.75, 3.05) is 0 Å². The van der Waals surface area contributed by atoms with Crippen LogP contribution in [0.1, 0.15) is 20.8 Å². The molecular formula is C8H14N2. The number of rotatable bonds is 2. The Morgan fingerprint density at radius 2 is 1.90 bits per heavy atom. The molecule has 3 N–H and O–H groups in total. The molecule has 0 heterocycles. The summed E-state index contributed by atoms with van der Waals surface area (Å²) in [6.07, 6.45) is 3.72. The SMILES string of the molecule is C/C=C\C(C(=N)N)=C(C)C. The first-order valence-electron chi connectivity index (χ1n) is 3.24. The van der Waals surface area contributed by atoms with E-state index >= 15 is 0 Å². The van der Waals surface area contributed by atoms with Gasteiger partial charge >= 0.3 is 0 Å². The molecule has 0 spiro atoms. The summed E-state index contributed by atoms with van der Waals surface area (Å²) in [4.78, 5) is 0. The normalized spacial score (nSPS) is 9.90. The largest absolute Gasteiger partial charge is 0.384 e. The van der Waals surface area contributed by atoms with Crippen molar-refractivity contribution in [2.24, 2.45) is 5.73 Å². The van der Waals surface area contributed by atoms with Crippen LogP contribution in [0.4, 0.5) is 0 Å². The first-order valence-corrected chi connectivity index (χ1v) is 3.24. The second-order valence-electron chi connectivity index (χ2n) is 2.33. The predicted octanol–water partition coefficient (Wildman–Crippen LogP) is 1.83. The summed E-state index contributed by atoms with van der Waals surface area (Å²) in [6.45, 7) is 5.79. The Morgan fingerprint density at radius 3 is 2.00 bits per heavy atom. The zero-order valence-electron chi connectivity index (χ0n) is 6.73. The van der Waals surface area contributed by atoms with Crippen LogP contribution in [0.25, 0.3) is 0 Å². The van der Waals surface area contributed by atoms with Crippen LogP contribution < -0.4 is 5.73 Å². The fourth-order valence-electron chi connectivity index (χ4n) is 0.692. The highest BCUT2D eigenvalue weighted by Gasteiger charge is 1.96. The molecule has 0 aliphatic heterocycles. The second-order valence-corrected chi connectivity index (χ2v) is 2.33. The highest BCUT2D eigenvalue weighted by molar-refractivity contribution is 5.97. The second kappa shape index (κ2) is 3.88. The van der Waals surface area contributed by atoms with Gasteiger partial charge in [-0.25, -0.2) is 0 Å². The number of allylic oxidation sites excluding steroid dienone is 2. The Kier molecular flexibility index (Phi) is 3.47. The quantitative estimate of drug-likeness (QED) is 0.341. The minimum Gasteiger partial charge on any atom is -0.384 e. The summed E-state index contributed by atoms with van der Waals surface area (Å²) in [7, 11) is 0. The van der Waals surface area contributed by atoms with Gasteiger partial charge in [-0.2, -0.15) is 0 Å². The third-order valence-electron chi connectivity index (χ3n) is 1.16. The van der Waals surface area contributed by atoms with E-state index in [1.165, 1.54) is 0 Å². The van der Waals surface area contributed by atoms with Gasteiger partial charge in [0.1, 0.15) is 5.84 Å². The van der Waals surface area contributed by atoms with Gasteiger partial charge in [0.2, 0.25) is 0 Å². The molecular weight excluding hydrogens is 124 g/mol. The molecule has 0 rings (SSSR count). The average molecular weight is 138 g/mol. The molecule has 0 saturated heterocycles. The summed E-state index contributed by atoms with van der Waals surface area (Å²) in [5.41, 5.74) is 7.19. The van der Waals surface area contributed by atoms with Crippen molar-refractivity contribution in [3.63, 3.8) is 0 Å². The van der Waals surface area contributed by atoms with Crippen LogP contribution in [0.3, 0.4) is 0 Å². The maximum absolute atomic E-state index is 7.15. The van der Waals surface area contributed by atoms with E-state index in [1.807, 2.05) is 32.9 Å². The van der Waals surface area contributed by atoms with Crippen molar-refractivity contribution in [2.45, 2.75) is 20.8 Å². The Hall–Kier alpha value is -1.05. The summed E-state index contributed by atoms with van der Waals surface area (Å²) in [5.74, 6) is 0.137. The monoisotopic (exact) mass is 138 g/mol. The number of amidine groups is 1. The first-order chi connectivity index (χ1) is 4.59. The molecule has 0 amide bonds. The lowest BCUT2D eigenvalue weighted by atomic mass is 10.1. The van der Waals surface area contributed by atoms with Crippen molar-refractivity contribution in [1.29, 1.82) is 5.41 Å². The lowest BCUT2D eigenvalue weighted by Crippen LogP contribution is -2.12. The molecule has 2 heteroatoms. The van der Waals surface area contributed by atoms with Crippen LogP contribution in [0.2, 0.25) is 0 Å². The van der Waals surface area contributed by atoms with E-state index in [0.717, 1.165) is 11.1 Å². The predicted molar refractivity (Wildman–Crippen MR) is 45.1 cm³/mol. The average Bonchev–Trinajstić information content (AvgIpc) is 1.81. The summed E-state index contributed by atoms with van der Waals surface area (Å²) >= 11 is 0. The smallest absolute Gasteiger partial charge is 0.122 e. The Balaban J connectivity index is 4.61. The van der Waals surface area contributed by atoms with Crippen LogP contribution in [-0.2, 0) is 0 Å². The minimum absolute atomic E-state index is 0.137. The van der Waals surface area contributed by atoms with E-state index in [9.17, 15) is 0 Å². The molecule has 56 valence electrons. The van der Waals surface area contributed by atoms with Gasteiger partial charge in [-0.1, -0.05) is 17.7 Å². The molecule has 0 radical (unpaired) electrons. The molecule has 0 aliphatic rings. The molecule has 0 unspecified atom stereocenters. The number of hydrogen-bond donors (Lipinski definition) is 2. The van der Waals surface area contributed by atoms with Gasteiger partial charge < -0.3 is 5.73 Å². The third-order valence-corrected chi connectivity index (χ3v) is 1.16. The van der Waals surface area contributed by atoms with Crippen LogP contribution in [0.5, 0.6) is 0 Å². The van der Waals surface area contributed by atoms with E-state index in [-0.39, 0.29) is 5.84 Å². The highest BCUT2D eigenvalue weighted by Crippen LogP contribution is 2.03. The summed E-state index contributed by atoms with van der Waals surface area (Å²) in [6, 6.07) is 0.